The monoisotopic (exact) mass is 432 g/mol. The van der Waals surface area contributed by atoms with Gasteiger partial charge >= 0.3 is 12.2 Å². The zero-order valence-electron chi connectivity index (χ0n) is 16.5. The molecule has 0 fully saturated rings. The van der Waals surface area contributed by atoms with Crippen LogP contribution in [-0.2, 0) is 16.5 Å². The van der Waals surface area contributed by atoms with Gasteiger partial charge in [0, 0.05) is 7.05 Å². The Morgan fingerprint density at radius 1 is 1.19 bits per heavy atom. The third kappa shape index (κ3) is 5.29. The van der Waals surface area contributed by atoms with Gasteiger partial charge in [0.2, 0.25) is 0 Å². The Morgan fingerprint density at radius 2 is 2.00 bits per heavy atom. The Morgan fingerprint density at radius 3 is 2.65 bits per heavy atom. The van der Waals surface area contributed by atoms with E-state index in [1.165, 1.54) is 43.2 Å². The number of carbonyl (C=O) groups is 2. The number of alkyl halides is 1. The molecule has 0 aliphatic carbocycles. The number of ether oxygens (including phenoxy) is 2. The average Bonchev–Trinajstić information content (AvgIpc) is 3.12. The van der Waals surface area contributed by atoms with Crippen LogP contribution >= 0.6 is 0 Å². The van der Waals surface area contributed by atoms with Crippen LogP contribution in [0.25, 0.3) is 11.4 Å². The summed E-state index contributed by atoms with van der Waals surface area (Å²) < 4.78 is 37.6. The molecule has 0 bridgehead atoms. The molecule has 12 heteroatoms. The van der Waals surface area contributed by atoms with E-state index in [9.17, 15) is 18.4 Å². The number of rotatable bonds is 6. The second-order valence-corrected chi connectivity index (χ2v) is 6.19. The van der Waals surface area contributed by atoms with Crippen LogP contribution in [-0.4, -0.2) is 45.9 Å². The average molecular weight is 432 g/mol. The summed E-state index contributed by atoms with van der Waals surface area (Å²) in [7, 11) is 2.76. The summed E-state index contributed by atoms with van der Waals surface area (Å²) in [6.07, 6.45) is -1.56. The Hall–Kier alpha value is -4.09. The van der Waals surface area contributed by atoms with Crippen LogP contribution in [0.1, 0.15) is 11.7 Å². The number of nitrogens with one attached hydrogen (secondary N) is 2. The van der Waals surface area contributed by atoms with E-state index in [0.717, 1.165) is 6.07 Å². The predicted molar refractivity (Wildman–Crippen MR) is 105 cm³/mol. The van der Waals surface area contributed by atoms with Crippen molar-refractivity contribution in [2.24, 2.45) is 7.05 Å². The van der Waals surface area contributed by atoms with Gasteiger partial charge in [0.05, 0.1) is 24.7 Å². The second-order valence-electron chi connectivity index (χ2n) is 6.19. The number of hydrogen-bond donors (Lipinski definition) is 2. The van der Waals surface area contributed by atoms with Crippen molar-refractivity contribution < 1.29 is 27.8 Å². The SMILES string of the molecule is COC(=O)Nc1ccc(-c2nnn(C)c2NC(=O)OC(CF)c2cccc(F)c2)nc1. The Kier molecular flexibility index (Phi) is 6.70. The molecule has 0 saturated carbocycles. The number of hydrogen-bond acceptors (Lipinski definition) is 7. The molecule has 162 valence electrons. The number of pyridine rings is 1. The molecule has 0 radical (unpaired) electrons. The number of carbonyl (C=O) groups excluding carboxylic acids is 2. The molecule has 0 spiro atoms. The first-order valence-electron chi connectivity index (χ1n) is 8.91. The lowest BCUT2D eigenvalue weighted by atomic mass is 10.1. The van der Waals surface area contributed by atoms with E-state index in [-0.39, 0.29) is 17.1 Å². The highest BCUT2D eigenvalue weighted by molar-refractivity contribution is 5.88. The van der Waals surface area contributed by atoms with Gasteiger partial charge in [-0.15, -0.1) is 5.10 Å². The highest BCUT2D eigenvalue weighted by Gasteiger charge is 2.21. The van der Waals surface area contributed by atoms with Gasteiger partial charge in [-0.25, -0.2) is 23.1 Å². The molecule has 31 heavy (non-hydrogen) atoms. The van der Waals surface area contributed by atoms with E-state index < -0.39 is 30.8 Å². The van der Waals surface area contributed by atoms with Crippen molar-refractivity contribution in [3.05, 3.63) is 54.0 Å². The van der Waals surface area contributed by atoms with E-state index in [1.807, 2.05) is 0 Å². The summed E-state index contributed by atoms with van der Waals surface area (Å²) >= 11 is 0. The quantitative estimate of drug-likeness (QED) is 0.612. The maximum Gasteiger partial charge on any atom is 0.413 e. The Balaban J connectivity index is 1.74. The fourth-order valence-corrected chi connectivity index (χ4v) is 2.60. The fraction of sp³-hybridized carbons (Fsp3) is 0.211. The molecule has 2 amide bonds. The molecular formula is C19H18F2N6O4. The van der Waals surface area contributed by atoms with Gasteiger partial charge in [0.15, 0.2) is 17.6 Å². The van der Waals surface area contributed by atoms with Crippen LogP contribution < -0.4 is 10.6 Å². The second kappa shape index (κ2) is 9.61. The number of aryl methyl sites for hydroxylation is 1. The topological polar surface area (TPSA) is 120 Å². The van der Waals surface area contributed by atoms with Crippen LogP contribution in [0.2, 0.25) is 0 Å². The van der Waals surface area contributed by atoms with Gasteiger partial charge in [-0.1, -0.05) is 17.3 Å². The molecule has 1 unspecified atom stereocenters. The first-order valence-corrected chi connectivity index (χ1v) is 8.91. The van der Waals surface area contributed by atoms with Crippen molar-refractivity contribution in [1.29, 1.82) is 0 Å². The Labute approximate surface area is 175 Å². The van der Waals surface area contributed by atoms with Gasteiger partial charge < -0.3 is 9.47 Å². The summed E-state index contributed by atoms with van der Waals surface area (Å²) in [5.41, 5.74) is 1.11. The van der Waals surface area contributed by atoms with Gasteiger partial charge in [0.1, 0.15) is 12.5 Å². The van der Waals surface area contributed by atoms with E-state index in [2.05, 4.69) is 30.7 Å². The molecule has 10 nitrogen and oxygen atoms in total. The fourth-order valence-electron chi connectivity index (χ4n) is 2.60. The third-order valence-corrected chi connectivity index (χ3v) is 4.10. The number of aromatic nitrogens is 4. The summed E-state index contributed by atoms with van der Waals surface area (Å²) in [6.45, 7) is -1.04. The van der Waals surface area contributed by atoms with Crippen molar-refractivity contribution in [1.82, 2.24) is 20.0 Å². The standard InChI is InChI=1S/C19H18F2N6O4/c1-27-17(24-19(29)31-15(9-20)11-4-3-5-12(21)8-11)16(25-26-27)14-7-6-13(10-22-14)23-18(28)30-2/h3-8,10,15H,9H2,1-2H3,(H,23,28)(H,24,29). The minimum absolute atomic E-state index is 0.142. The minimum atomic E-state index is -1.29. The lowest BCUT2D eigenvalue weighted by Crippen LogP contribution is -2.20. The number of benzene rings is 1. The molecule has 0 aliphatic heterocycles. The van der Waals surface area contributed by atoms with E-state index >= 15 is 0 Å². The minimum Gasteiger partial charge on any atom is -0.453 e. The van der Waals surface area contributed by atoms with Crippen LogP contribution in [0, 0.1) is 5.82 Å². The van der Waals surface area contributed by atoms with Crippen molar-refractivity contribution in [3.8, 4) is 11.4 Å². The Bertz CT molecular complexity index is 1070. The molecule has 2 N–H and O–H groups in total. The van der Waals surface area contributed by atoms with Crippen molar-refractivity contribution in [2.75, 3.05) is 24.4 Å². The summed E-state index contributed by atoms with van der Waals surface area (Å²) in [5.74, 6) is -0.433. The number of nitrogens with zero attached hydrogens (tertiary/aromatic N) is 4. The summed E-state index contributed by atoms with van der Waals surface area (Å²) in [4.78, 5) is 27.8. The summed E-state index contributed by atoms with van der Waals surface area (Å²) in [5, 5.41) is 12.7. The molecule has 3 aromatic rings. The lowest BCUT2D eigenvalue weighted by molar-refractivity contribution is 0.0926. The highest BCUT2D eigenvalue weighted by atomic mass is 19.1. The zero-order valence-corrected chi connectivity index (χ0v) is 16.5. The van der Waals surface area contributed by atoms with E-state index in [1.54, 1.807) is 12.1 Å². The highest BCUT2D eigenvalue weighted by Crippen LogP contribution is 2.25. The smallest absolute Gasteiger partial charge is 0.413 e. The first-order chi connectivity index (χ1) is 14.9. The van der Waals surface area contributed by atoms with Crippen LogP contribution in [0.4, 0.5) is 29.9 Å². The third-order valence-electron chi connectivity index (χ3n) is 4.10. The molecule has 2 aromatic heterocycles. The van der Waals surface area contributed by atoms with Crippen LogP contribution in [0.15, 0.2) is 42.6 Å². The summed E-state index contributed by atoms with van der Waals surface area (Å²) in [6, 6.07) is 8.23. The van der Waals surface area contributed by atoms with E-state index in [0.29, 0.717) is 11.4 Å². The number of anilines is 2. The molecular weight excluding hydrogens is 414 g/mol. The van der Waals surface area contributed by atoms with Gasteiger partial charge in [-0.2, -0.15) is 0 Å². The predicted octanol–water partition coefficient (Wildman–Crippen LogP) is 3.45. The van der Waals surface area contributed by atoms with Crippen molar-refractivity contribution >= 4 is 23.7 Å². The molecule has 2 heterocycles. The maximum atomic E-state index is 13.4. The maximum absolute atomic E-state index is 13.4. The van der Waals surface area contributed by atoms with E-state index in [4.69, 9.17) is 4.74 Å². The normalized spacial score (nSPS) is 11.5. The van der Waals surface area contributed by atoms with Crippen molar-refractivity contribution in [3.63, 3.8) is 0 Å². The molecule has 3 rings (SSSR count). The van der Waals surface area contributed by atoms with Crippen LogP contribution in [0.3, 0.4) is 0 Å². The molecule has 1 aromatic carbocycles. The lowest BCUT2D eigenvalue weighted by Gasteiger charge is -2.16. The van der Waals surface area contributed by atoms with Crippen LogP contribution in [0.5, 0.6) is 0 Å². The molecule has 0 aliphatic rings. The molecule has 1 atom stereocenters. The van der Waals surface area contributed by atoms with Gasteiger partial charge in [-0.05, 0) is 29.8 Å². The number of methoxy groups -OCH3 is 1. The largest absolute Gasteiger partial charge is 0.453 e. The van der Waals surface area contributed by atoms with Gasteiger partial charge in [-0.3, -0.25) is 15.6 Å². The van der Waals surface area contributed by atoms with Gasteiger partial charge in [0.25, 0.3) is 0 Å². The number of halogens is 2. The van der Waals surface area contributed by atoms with Crippen molar-refractivity contribution in [2.45, 2.75) is 6.10 Å². The first kappa shape index (κ1) is 21.6. The zero-order chi connectivity index (χ0) is 22.4. The molecule has 0 saturated heterocycles. The number of amides is 2.